The topological polar surface area (TPSA) is 74.6 Å². The van der Waals surface area contributed by atoms with Gasteiger partial charge in [-0.25, -0.2) is 0 Å². The molecule has 0 amide bonds. The first-order valence-corrected chi connectivity index (χ1v) is 10.9. The molecule has 0 radical (unpaired) electrons. The van der Waals surface area contributed by atoms with Gasteiger partial charge in [-0.3, -0.25) is 9.59 Å². The Morgan fingerprint density at radius 3 is 1.31 bits per heavy atom. The van der Waals surface area contributed by atoms with Gasteiger partial charge in [-0.1, -0.05) is 90.9 Å². The van der Waals surface area contributed by atoms with Crippen molar-refractivity contribution in [2.45, 2.75) is 117 Å². The smallest absolute Gasteiger partial charge is 0.310 e. The van der Waals surface area contributed by atoms with Crippen molar-refractivity contribution in [2.75, 3.05) is 0 Å². The first-order chi connectivity index (χ1) is 12.5. The Hall–Kier alpha value is -1.06. The molecule has 0 heterocycles. The summed E-state index contributed by atoms with van der Waals surface area (Å²) in [7, 11) is 0. The van der Waals surface area contributed by atoms with E-state index in [0.717, 1.165) is 64.2 Å². The SMILES string of the molecule is CCCCCCCC1(C(=O)O)CCCCC1(CCCCCCC)C(=O)O. The van der Waals surface area contributed by atoms with Gasteiger partial charge in [0, 0.05) is 0 Å². The Morgan fingerprint density at radius 2 is 1.00 bits per heavy atom. The van der Waals surface area contributed by atoms with E-state index >= 15 is 0 Å². The van der Waals surface area contributed by atoms with Crippen molar-refractivity contribution >= 4 is 11.9 Å². The molecule has 4 nitrogen and oxygen atoms in total. The zero-order valence-electron chi connectivity index (χ0n) is 17.0. The zero-order chi connectivity index (χ0) is 19.5. The standard InChI is InChI=1S/C22H40O4/c1-3-5-7-9-11-15-21(19(23)24)17-13-14-18-22(21,20(25)26)16-12-10-8-6-4-2/h3-18H2,1-2H3,(H,23,24)(H,25,26). The maximum Gasteiger partial charge on any atom is 0.310 e. The van der Waals surface area contributed by atoms with E-state index < -0.39 is 22.8 Å². The summed E-state index contributed by atoms with van der Waals surface area (Å²) in [6.07, 6.45) is 14.3. The van der Waals surface area contributed by atoms with Gasteiger partial charge in [0.2, 0.25) is 0 Å². The van der Waals surface area contributed by atoms with Crippen LogP contribution < -0.4 is 0 Å². The number of rotatable bonds is 14. The first-order valence-electron chi connectivity index (χ1n) is 10.9. The number of hydrogen-bond donors (Lipinski definition) is 2. The fraction of sp³-hybridized carbons (Fsp3) is 0.909. The molecule has 2 atom stereocenters. The molecule has 0 aromatic rings. The monoisotopic (exact) mass is 368 g/mol. The van der Waals surface area contributed by atoms with Crippen LogP contribution in [0.4, 0.5) is 0 Å². The number of unbranched alkanes of at least 4 members (excludes halogenated alkanes) is 8. The van der Waals surface area contributed by atoms with E-state index in [2.05, 4.69) is 13.8 Å². The van der Waals surface area contributed by atoms with Gasteiger partial charge in [-0.2, -0.15) is 0 Å². The maximum atomic E-state index is 12.4. The third-order valence-corrected chi connectivity index (χ3v) is 6.61. The molecule has 1 rings (SSSR count). The van der Waals surface area contributed by atoms with Crippen molar-refractivity contribution in [3.8, 4) is 0 Å². The van der Waals surface area contributed by atoms with Gasteiger partial charge in [0.15, 0.2) is 0 Å². The molecular weight excluding hydrogens is 328 g/mol. The summed E-state index contributed by atoms with van der Waals surface area (Å²) >= 11 is 0. The van der Waals surface area contributed by atoms with Crippen LogP contribution in [0.3, 0.4) is 0 Å². The Labute approximate surface area is 159 Å². The quantitative estimate of drug-likeness (QED) is 0.347. The fourth-order valence-electron chi connectivity index (χ4n) is 4.96. The maximum absolute atomic E-state index is 12.4. The summed E-state index contributed by atoms with van der Waals surface area (Å²) in [6, 6.07) is 0. The lowest BCUT2D eigenvalue weighted by Crippen LogP contribution is -2.54. The van der Waals surface area contributed by atoms with Crippen LogP contribution >= 0.6 is 0 Å². The summed E-state index contributed by atoms with van der Waals surface area (Å²) in [5.41, 5.74) is -2.15. The Bertz CT molecular complexity index is 394. The van der Waals surface area contributed by atoms with Crippen LogP contribution in [0.15, 0.2) is 0 Å². The van der Waals surface area contributed by atoms with E-state index in [1.54, 1.807) is 0 Å². The second-order valence-corrected chi connectivity index (χ2v) is 8.31. The lowest BCUT2D eigenvalue weighted by molar-refractivity contribution is -0.182. The molecule has 0 bridgehead atoms. The van der Waals surface area contributed by atoms with Crippen LogP contribution in [0.1, 0.15) is 117 Å². The van der Waals surface area contributed by atoms with Gasteiger partial charge < -0.3 is 10.2 Å². The first kappa shape index (κ1) is 23.0. The van der Waals surface area contributed by atoms with Crippen LogP contribution in [0.5, 0.6) is 0 Å². The molecule has 1 saturated carbocycles. The number of hydrogen-bond acceptors (Lipinski definition) is 2. The van der Waals surface area contributed by atoms with E-state index in [1.807, 2.05) is 0 Å². The summed E-state index contributed by atoms with van der Waals surface area (Å²) in [5, 5.41) is 20.3. The Morgan fingerprint density at radius 1 is 0.654 bits per heavy atom. The lowest BCUT2D eigenvalue weighted by Gasteiger charge is -2.49. The Kier molecular flexibility index (Phi) is 10.3. The molecule has 0 aromatic heterocycles. The normalized spacial score (nSPS) is 25.9. The summed E-state index contributed by atoms with van der Waals surface area (Å²) in [6.45, 7) is 4.32. The summed E-state index contributed by atoms with van der Waals surface area (Å²) in [4.78, 5) is 24.8. The molecule has 1 aliphatic rings. The highest BCUT2D eigenvalue weighted by Crippen LogP contribution is 2.57. The highest BCUT2D eigenvalue weighted by molar-refractivity contribution is 5.87. The van der Waals surface area contributed by atoms with Crippen molar-refractivity contribution in [1.29, 1.82) is 0 Å². The molecular formula is C22H40O4. The fourth-order valence-corrected chi connectivity index (χ4v) is 4.96. The van der Waals surface area contributed by atoms with Crippen molar-refractivity contribution in [3.63, 3.8) is 0 Å². The molecule has 2 unspecified atom stereocenters. The number of aliphatic carboxylic acids is 2. The molecule has 1 fully saturated rings. The van der Waals surface area contributed by atoms with E-state index in [0.29, 0.717) is 25.7 Å². The highest BCUT2D eigenvalue weighted by atomic mass is 16.4. The minimum absolute atomic E-state index is 0.521. The summed E-state index contributed by atoms with van der Waals surface area (Å²) in [5.74, 6) is -1.74. The van der Waals surface area contributed by atoms with E-state index in [4.69, 9.17) is 0 Å². The second-order valence-electron chi connectivity index (χ2n) is 8.31. The van der Waals surface area contributed by atoms with Crippen molar-refractivity contribution in [3.05, 3.63) is 0 Å². The van der Waals surface area contributed by atoms with Crippen molar-refractivity contribution in [1.82, 2.24) is 0 Å². The molecule has 0 aromatic carbocycles. The zero-order valence-corrected chi connectivity index (χ0v) is 17.0. The van der Waals surface area contributed by atoms with Gasteiger partial charge in [0.25, 0.3) is 0 Å². The van der Waals surface area contributed by atoms with Gasteiger partial charge in [-0.05, 0) is 25.7 Å². The third-order valence-electron chi connectivity index (χ3n) is 6.61. The molecule has 152 valence electrons. The molecule has 0 saturated heterocycles. The van der Waals surface area contributed by atoms with Crippen LogP contribution in [-0.4, -0.2) is 22.2 Å². The average Bonchev–Trinajstić information content (AvgIpc) is 2.62. The van der Waals surface area contributed by atoms with Crippen LogP contribution in [0, 0.1) is 10.8 Å². The lowest BCUT2D eigenvalue weighted by atomic mass is 9.52. The largest absolute Gasteiger partial charge is 0.481 e. The number of carboxylic acids is 2. The van der Waals surface area contributed by atoms with Crippen LogP contribution in [0.2, 0.25) is 0 Å². The molecule has 1 aliphatic carbocycles. The second kappa shape index (κ2) is 11.6. The van der Waals surface area contributed by atoms with Crippen LogP contribution in [0.25, 0.3) is 0 Å². The van der Waals surface area contributed by atoms with Gasteiger partial charge in [-0.15, -0.1) is 0 Å². The molecule has 4 heteroatoms. The van der Waals surface area contributed by atoms with E-state index in [1.165, 1.54) is 12.8 Å². The van der Waals surface area contributed by atoms with E-state index in [9.17, 15) is 19.8 Å². The number of carbonyl (C=O) groups is 2. The van der Waals surface area contributed by atoms with Gasteiger partial charge >= 0.3 is 11.9 Å². The minimum Gasteiger partial charge on any atom is -0.481 e. The molecule has 2 N–H and O–H groups in total. The van der Waals surface area contributed by atoms with Gasteiger partial charge in [0.05, 0.1) is 10.8 Å². The summed E-state index contributed by atoms with van der Waals surface area (Å²) < 4.78 is 0. The third kappa shape index (κ3) is 5.47. The molecule has 26 heavy (non-hydrogen) atoms. The molecule has 0 spiro atoms. The Balaban J connectivity index is 2.91. The minimum atomic E-state index is -1.08. The van der Waals surface area contributed by atoms with Crippen molar-refractivity contribution in [2.24, 2.45) is 10.8 Å². The van der Waals surface area contributed by atoms with E-state index in [-0.39, 0.29) is 0 Å². The average molecular weight is 369 g/mol. The molecule has 0 aliphatic heterocycles. The van der Waals surface area contributed by atoms with Crippen LogP contribution in [-0.2, 0) is 9.59 Å². The predicted octanol–water partition coefficient (Wildman–Crippen LogP) is 6.42. The van der Waals surface area contributed by atoms with Gasteiger partial charge in [0.1, 0.15) is 0 Å². The highest BCUT2D eigenvalue weighted by Gasteiger charge is 2.61. The van der Waals surface area contributed by atoms with Crippen molar-refractivity contribution < 1.29 is 19.8 Å². The predicted molar refractivity (Wildman–Crippen MR) is 105 cm³/mol. The number of carboxylic acid groups (broad SMARTS) is 2.